The number of thioether (sulfide) groups is 1. The minimum atomic E-state index is 0.0530. The lowest BCUT2D eigenvalue weighted by atomic mass is 10.1. The first-order valence-corrected chi connectivity index (χ1v) is 6.69. The third-order valence-corrected chi connectivity index (χ3v) is 3.82. The number of hydrogen-bond acceptors (Lipinski definition) is 2. The van der Waals surface area contributed by atoms with Gasteiger partial charge in [-0.1, -0.05) is 31.0 Å². The smallest absolute Gasteiger partial charge is 0.0545 e. The van der Waals surface area contributed by atoms with Crippen LogP contribution in [0.3, 0.4) is 0 Å². The predicted molar refractivity (Wildman–Crippen MR) is 69.7 cm³/mol. The van der Waals surface area contributed by atoms with Gasteiger partial charge in [-0.05, 0) is 36.8 Å². The Morgan fingerprint density at radius 3 is 2.73 bits per heavy atom. The summed E-state index contributed by atoms with van der Waals surface area (Å²) in [5, 5.41) is 0.825. The maximum atomic E-state index is 6.18. The Morgan fingerprint density at radius 2 is 2.20 bits per heavy atom. The molecule has 2 N–H and O–H groups in total. The van der Waals surface area contributed by atoms with Crippen molar-refractivity contribution in [2.45, 2.75) is 37.6 Å². The van der Waals surface area contributed by atoms with Crippen molar-refractivity contribution >= 4 is 23.4 Å². The molecular weight excluding hydrogens is 226 g/mol. The van der Waals surface area contributed by atoms with E-state index in [4.69, 9.17) is 17.3 Å². The fraction of sp³-hybridized carbons (Fsp3) is 0.500. The first-order chi connectivity index (χ1) is 7.15. The molecular formula is C12H18ClNS. The second-order valence-corrected chi connectivity index (χ2v) is 5.22. The highest BCUT2D eigenvalue weighted by Crippen LogP contribution is 2.29. The van der Waals surface area contributed by atoms with Crippen LogP contribution in [-0.2, 0) is 0 Å². The SMILES string of the molecule is CCCCSc1ccc([C@H](C)N)cc1Cl. The van der Waals surface area contributed by atoms with Gasteiger partial charge >= 0.3 is 0 Å². The summed E-state index contributed by atoms with van der Waals surface area (Å²) in [4.78, 5) is 1.16. The molecule has 0 aromatic heterocycles. The zero-order chi connectivity index (χ0) is 11.3. The minimum Gasteiger partial charge on any atom is -0.324 e. The maximum Gasteiger partial charge on any atom is 0.0545 e. The van der Waals surface area contributed by atoms with Crippen LogP contribution in [0.2, 0.25) is 5.02 Å². The fourth-order valence-electron chi connectivity index (χ4n) is 1.24. The van der Waals surface area contributed by atoms with Crippen LogP contribution in [-0.4, -0.2) is 5.75 Å². The molecule has 0 aliphatic heterocycles. The summed E-state index contributed by atoms with van der Waals surface area (Å²) in [6.07, 6.45) is 2.46. The van der Waals surface area contributed by atoms with Crippen molar-refractivity contribution in [3.63, 3.8) is 0 Å². The van der Waals surface area contributed by atoms with Crippen molar-refractivity contribution in [1.29, 1.82) is 0 Å². The highest BCUT2D eigenvalue weighted by atomic mass is 35.5. The lowest BCUT2D eigenvalue weighted by molar-refractivity contribution is 0.817. The molecule has 0 aliphatic carbocycles. The molecule has 0 saturated carbocycles. The molecule has 0 amide bonds. The Hall–Kier alpha value is -0.180. The molecule has 1 nitrogen and oxygen atoms in total. The Kier molecular flexibility index (Phi) is 5.51. The molecule has 0 saturated heterocycles. The number of rotatable bonds is 5. The quantitative estimate of drug-likeness (QED) is 0.618. The van der Waals surface area contributed by atoms with Crippen molar-refractivity contribution in [2.75, 3.05) is 5.75 Å². The van der Waals surface area contributed by atoms with E-state index in [-0.39, 0.29) is 6.04 Å². The van der Waals surface area contributed by atoms with Gasteiger partial charge in [0.25, 0.3) is 0 Å². The van der Waals surface area contributed by atoms with Crippen LogP contribution in [0.5, 0.6) is 0 Å². The van der Waals surface area contributed by atoms with Crippen LogP contribution in [0.1, 0.15) is 38.3 Å². The molecule has 1 aromatic carbocycles. The molecule has 1 aromatic rings. The number of nitrogens with two attached hydrogens (primary N) is 1. The highest BCUT2D eigenvalue weighted by Gasteiger charge is 2.04. The molecule has 84 valence electrons. The van der Waals surface area contributed by atoms with E-state index in [1.165, 1.54) is 12.8 Å². The number of unbranched alkanes of at least 4 members (excludes halogenated alkanes) is 1. The Balaban J connectivity index is 2.66. The molecule has 0 unspecified atom stereocenters. The summed E-state index contributed by atoms with van der Waals surface area (Å²) >= 11 is 8.00. The molecule has 0 heterocycles. The van der Waals surface area contributed by atoms with Gasteiger partial charge < -0.3 is 5.73 Å². The zero-order valence-electron chi connectivity index (χ0n) is 9.29. The van der Waals surface area contributed by atoms with E-state index in [9.17, 15) is 0 Å². The normalized spacial score (nSPS) is 12.8. The third-order valence-electron chi connectivity index (χ3n) is 2.24. The van der Waals surface area contributed by atoms with Gasteiger partial charge in [0.05, 0.1) is 5.02 Å². The van der Waals surface area contributed by atoms with Gasteiger partial charge in [0.2, 0.25) is 0 Å². The number of benzene rings is 1. The Morgan fingerprint density at radius 1 is 1.47 bits per heavy atom. The maximum absolute atomic E-state index is 6.18. The van der Waals surface area contributed by atoms with E-state index >= 15 is 0 Å². The summed E-state index contributed by atoms with van der Waals surface area (Å²) in [5.74, 6) is 1.13. The van der Waals surface area contributed by atoms with E-state index < -0.39 is 0 Å². The van der Waals surface area contributed by atoms with E-state index in [0.29, 0.717) is 0 Å². The number of halogens is 1. The van der Waals surface area contributed by atoms with Crippen LogP contribution < -0.4 is 5.73 Å². The molecule has 0 spiro atoms. The second-order valence-electron chi connectivity index (χ2n) is 3.68. The minimum absolute atomic E-state index is 0.0530. The molecule has 0 fully saturated rings. The third kappa shape index (κ3) is 4.06. The fourth-order valence-corrected chi connectivity index (χ4v) is 2.61. The molecule has 15 heavy (non-hydrogen) atoms. The van der Waals surface area contributed by atoms with E-state index in [2.05, 4.69) is 19.1 Å². The Labute approximate surface area is 101 Å². The lowest BCUT2D eigenvalue weighted by Crippen LogP contribution is -2.04. The van der Waals surface area contributed by atoms with Crippen molar-refractivity contribution in [1.82, 2.24) is 0 Å². The molecule has 1 atom stereocenters. The molecule has 3 heteroatoms. The van der Waals surface area contributed by atoms with Gasteiger partial charge in [0, 0.05) is 10.9 Å². The van der Waals surface area contributed by atoms with Crippen molar-refractivity contribution in [2.24, 2.45) is 5.73 Å². The summed E-state index contributed by atoms with van der Waals surface area (Å²) < 4.78 is 0. The van der Waals surface area contributed by atoms with Crippen LogP contribution in [0.25, 0.3) is 0 Å². The summed E-state index contributed by atoms with van der Waals surface area (Å²) in [6.45, 7) is 4.16. The van der Waals surface area contributed by atoms with Crippen molar-refractivity contribution in [3.05, 3.63) is 28.8 Å². The first kappa shape index (κ1) is 12.9. The molecule has 1 rings (SSSR count). The zero-order valence-corrected chi connectivity index (χ0v) is 10.9. The number of hydrogen-bond donors (Lipinski definition) is 1. The van der Waals surface area contributed by atoms with Crippen molar-refractivity contribution < 1.29 is 0 Å². The summed E-state index contributed by atoms with van der Waals surface area (Å²) in [7, 11) is 0. The van der Waals surface area contributed by atoms with Gasteiger partial charge in [-0.3, -0.25) is 0 Å². The average Bonchev–Trinajstić information content (AvgIpc) is 2.20. The van der Waals surface area contributed by atoms with Crippen LogP contribution in [0.15, 0.2) is 23.1 Å². The second kappa shape index (κ2) is 6.41. The Bertz CT molecular complexity index is 312. The largest absolute Gasteiger partial charge is 0.324 e. The standard InChI is InChI=1S/C12H18ClNS/c1-3-4-7-15-12-6-5-10(9(2)14)8-11(12)13/h5-6,8-9H,3-4,7,14H2,1-2H3/t9-/m0/s1. The van der Waals surface area contributed by atoms with Gasteiger partial charge in [-0.2, -0.15) is 0 Å². The predicted octanol–water partition coefficient (Wildman–Crippen LogP) is 4.25. The van der Waals surface area contributed by atoms with E-state index in [0.717, 1.165) is 21.2 Å². The van der Waals surface area contributed by atoms with Gasteiger partial charge in [0.15, 0.2) is 0 Å². The van der Waals surface area contributed by atoms with Crippen molar-refractivity contribution in [3.8, 4) is 0 Å². The molecule has 0 aliphatic rings. The average molecular weight is 244 g/mol. The van der Waals surface area contributed by atoms with Gasteiger partial charge in [0.1, 0.15) is 0 Å². The van der Waals surface area contributed by atoms with Crippen LogP contribution in [0.4, 0.5) is 0 Å². The lowest BCUT2D eigenvalue weighted by Gasteiger charge is -2.09. The molecule has 0 bridgehead atoms. The molecule has 0 radical (unpaired) electrons. The van der Waals surface area contributed by atoms with Gasteiger partial charge in [-0.15, -0.1) is 11.8 Å². The summed E-state index contributed by atoms with van der Waals surface area (Å²) in [6, 6.07) is 6.16. The first-order valence-electron chi connectivity index (χ1n) is 5.33. The van der Waals surface area contributed by atoms with E-state index in [1.54, 1.807) is 0 Å². The van der Waals surface area contributed by atoms with E-state index in [1.807, 2.05) is 24.8 Å². The van der Waals surface area contributed by atoms with Crippen LogP contribution >= 0.6 is 23.4 Å². The highest BCUT2D eigenvalue weighted by molar-refractivity contribution is 7.99. The van der Waals surface area contributed by atoms with Crippen LogP contribution in [0, 0.1) is 0 Å². The monoisotopic (exact) mass is 243 g/mol. The summed E-state index contributed by atoms with van der Waals surface area (Å²) in [5.41, 5.74) is 6.89. The van der Waals surface area contributed by atoms with Gasteiger partial charge in [-0.25, -0.2) is 0 Å². The topological polar surface area (TPSA) is 26.0 Å².